The molecule has 0 aromatic rings. The van der Waals surface area contributed by atoms with Crippen LogP contribution in [-0.2, 0) is 4.74 Å². The lowest BCUT2D eigenvalue weighted by atomic mass is 9.91. The van der Waals surface area contributed by atoms with Crippen LogP contribution in [0.3, 0.4) is 0 Å². The van der Waals surface area contributed by atoms with Crippen molar-refractivity contribution in [1.82, 2.24) is 5.32 Å². The number of hydrogen-bond donors (Lipinski definition) is 1. The molecule has 0 radical (unpaired) electrons. The number of hydrogen-bond acceptors (Lipinski definition) is 3. The van der Waals surface area contributed by atoms with E-state index in [9.17, 15) is 0 Å². The molecule has 0 saturated carbocycles. The monoisotopic (exact) mass is 229 g/mol. The highest BCUT2D eigenvalue weighted by Gasteiger charge is 2.32. The van der Waals surface area contributed by atoms with Gasteiger partial charge in [-0.25, -0.2) is 0 Å². The first-order valence-electron chi connectivity index (χ1n) is 6.15. The standard InChI is InChI=1S/C12H23NOS/c1-10-8-13-12(2,14-9-10)7-11-3-5-15-6-4-11/h10-11,13H,3-9H2,1-2H3. The van der Waals surface area contributed by atoms with Crippen molar-refractivity contribution < 1.29 is 4.74 Å². The van der Waals surface area contributed by atoms with Crippen molar-refractivity contribution in [2.75, 3.05) is 24.7 Å². The van der Waals surface area contributed by atoms with E-state index < -0.39 is 0 Å². The van der Waals surface area contributed by atoms with E-state index in [4.69, 9.17) is 4.74 Å². The van der Waals surface area contributed by atoms with Crippen LogP contribution < -0.4 is 5.32 Å². The van der Waals surface area contributed by atoms with Crippen LogP contribution in [0.5, 0.6) is 0 Å². The minimum absolute atomic E-state index is 0.0425. The Morgan fingerprint density at radius 1 is 1.40 bits per heavy atom. The summed E-state index contributed by atoms with van der Waals surface area (Å²) in [5.41, 5.74) is -0.0425. The zero-order chi connectivity index (χ0) is 10.7. The molecule has 1 N–H and O–H groups in total. The van der Waals surface area contributed by atoms with Crippen LogP contribution in [0.15, 0.2) is 0 Å². The van der Waals surface area contributed by atoms with E-state index in [1.165, 1.54) is 30.8 Å². The molecule has 2 nitrogen and oxygen atoms in total. The molecule has 2 rings (SSSR count). The molecule has 0 spiro atoms. The SMILES string of the molecule is CC1CNC(C)(CC2CCSCC2)OC1. The lowest BCUT2D eigenvalue weighted by molar-refractivity contribution is -0.113. The maximum atomic E-state index is 5.96. The zero-order valence-corrected chi connectivity index (χ0v) is 10.7. The first-order chi connectivity index (χ1) is 7.18. The molecular weight excluding hydrogens is 206 g/mol. The maximum Gasteiger partial charge on any atom is 0.116 e. The Hall–Kier alpha value is 0.270. The second-order valence-electron chi connectivity index (χ2n) is 5.29. The number of nitrogens with one attached hydrogen (secondary N) is 1. The third-order valence-electron chi connectivity index (χ3n) is 3.53. The van der Waals surface area contributed by atoms with E-state index in [1.54, 1.807) is 0 Å². The smallest absolute Gasteiger partial charge is 0.116 e. The molecule has 0 bridgehead atoms. The molecule has 0 amide bonds. The van der Waals surface area contributed by atoms with Gasteiger partial charge in [0.25, 0.3) is 0 Å². The summed E-state index contributed by atoms with van der Waals surface area (Å²) in [6.45, 7) is 6.49. The van der Waals surface area contributed by atoms with Gasteiger partial charge >= 0.3 is 0 Å². The molecule has 2 unspecified atom stereocenters. The lowest BCUT2D eigenvalue weighted by Gasteiger charge is -2.40. The Balaban J connectivity index is 1.81. The Bertz CT molecular complexity index is 196. The van der Waals surface area contributed by atoms with Crippen molar-refractivity contribution in [2.24, 2.45) is 11.8 Å². The van der Waals surface area contributed by atoms with Crippen LogP contribution >= 0.6 is 11.8 Å². The molecule has 3 heteroatoms. The largest absolute Gasteiger partial charge is 0.361 e. The molecule has 2 atom stereocenters. The minimum atomic E-state index is -0.0425. The summed E-state index contributed by atoms with van der Waals surface area (Å²) < 4.78 is 5.96. The summed E-state index contributed by atoms with van der Waals surface area (Å²) in [4.78, 5) is 0. The van der Waals surface area contributed by atoms with Crippen molar-refractivity contribution >= 4 is 11.8 Å². The maximum absolute atomic E-state index is 5.96. The summed E-state index contributed by atoms with van der Waals surface area (Å²) in [6.07, 6.45) is 3.95. The minimum Gasteiger partial charge on any atom is -0.361 e. The molecule has 2 heterocycles. The van der Waals surface area contributed by atoms with Crippen LogP contribution in [0.4, 0.5) is 0 Å². The van der Waals surface area contributed by atoms with E-state index in [1.807, 2.05) is 0 Å². The molecule has 2 aliphatic rings. The number of rotatable bonds is 2. The fraction of sp³-hybridized carbons (Fsp3) is 1.00. The highest BCUT2D eigenvalue weighted by molar-refractivity contribution is 7.99. The molecule has 0 aromatic heterocycles. The van der Waals surface area contributed by atoms with Gasteiger partial charge in [0.2, 0.25) is 0 Å². The van der Waals surface area contributed by atoms with Gasteiger partial charge in [0, 0.05) is 6.54 Å². The van der Waals surface area contributed by atoms with Gasteiger partial charge in [-0.05, 0) is 49.5 Å². The predicted molar refractivity (Wildman–Crippen MR) is 66.2 cm³/mol. The van der Waals surface area contributed by atoms with Crippen LogP contribution in [0, 0.1) is 11.8 Å². The van der Waals surface area contributed by atoms with E-state index >= 15 is 0 Å². The Labute approximate surface area is 97.5 Å². The summed E-state index contributed by atoms with van der Waals surface area (Å²) in [6, 6.07) is 0. The third kappa shape index (κ3) is 3.36. The van der Waals surface area contributed by atoms with E-state index in [2.05, 4.69) is 30.9 Å². The summed E-state index contributed by atoms with van der Waals surface area (Å²) >= 11 is 2.10. The van der Waals surface area contributed by atoms with Crippen molar-refractivity contribution in [2.45, 2.75) is 38.8 Å². The topological polar surface area (TPSA) is 21.3 Å². The Morgan fingerprint density at radius 2 is 2.13 bits per heavy atom. The number of thioether (sulfide) groups is 1. The predicted octanol–water partition coefficient (Wildman–Crippen LogP) is 2.49. The summed E-state index contributed by atoms with van der Waals surface area (Å²) in [7, 11) is 0. The van der Waals surface area contributed by atoms with Crippen molar-refractivity contribution in [3.8, 4) is 0 Å². The fourth-order valence-corrected chi connectivity index (χ4v) is 3.66. The normalized spacial score (nSPS) is 39.2. The van der Waals surface area contributed by atoms with Crippen LogP contribution in [0.1, 0.15) is 33.1 Å². The molecular formula is C12H23NOS. The van der Waals surface area contributed by atoms with Crippen molar-refractivity contribution in [1.29, 1.82) is 0 Å². The Morgan fingerprint density at radius 3 is 2.73 bits per heavy atom. The zero-order valence-electron chi connectivity index (χ0n) is 9.92. The fourth-order valence-electron chi connectivity index (χ4n) is 2.46. The van der Waals surface area contributed by atoms with Crippen LogP contribution in [0.25, 0.3) is 0 Å². The van der Waals surface area contributed by atoms with E-state index in [-0.39, 0.29) is 5.72 Å². The van der Waals surface area contributed by atoms with Gasteiger partial charge in [-0.3, -0.25) is 5.32 Å². The van der Waals surface area contributed by atoms with Gasteiger partial charge in [0.1, 0.15) is 5.72 Å². The van der Waals surface area contributed by atoms with Gasteiger partial charge in [-0.2, -0.15) is 11.8 Å². The van der Waals surface area contributed by atoms with Gasteiger partial charge in [-0.1, -0.05) is 6.92 Å². The first-order valence-corrected chi connectivity index (χ1v) is 7.30. The third-order valence-corrected chi connectivity index (χ3v) is 4.58. The average molecular weight is 229 g/mol. The van der Waals surface area contributed by atoms with Crippen LogP contribution in [-0.4, -0.2) is 30.4 Å². The van der Waals surface area contributed by atoms with Gasteiger partial charge in [0.05, 0.1) is 6.61 Å². The quantitative estimate of drug-likeness (QED) is 0.786. The molecule has 2 saturated heterocycles. The molecule has 0 aromatic carbocycles. The first kappa shape index (κ1) is 11.7. The number of ether oxygens (including phenoxy) is 1. The van der Waals surface area contributed by atoms with Crippen molar-refractivity contribution in [3.05, 3.63) is 0 Å². The van der Waals surface area contributed by atoms with Crippen molar-refractivity contribution in [3.63, 3.8) is 0 Å². The highest BCUT2D eigenvalue weighted by atomic mass is 32.2. The van der Waals surface area contributed by atoms with Gasteiger partial charge in [0.15, 0.2) is 0 Å². The average Bonchev–Trinajstić information content (AvgIpc) is 2.24. The second-order valence-corrected chi connectivity index (χ2v) is 6.51. The van der Waals surface area contributed by atoms with Gasteiger partial charge < -0.3 is 4.74 Å². The van der Waals surface area contributed by atoms with Crippen LogP contribution in [0.2, 0.25) is 0 Å². The second kappa shape index (κ2) is 5.07. The van der Waals surface area contributed by atoms with Gasteiger partial charge in [-0.15, -0.1) is 0 Å². The highest BCUT2D eigenvalue weighted by Crippen LogP contribution is 2.31. The summed E-state index contributed by atoms with van der Waals surface area (Å²) in [5.74, 6) is 4.23. The molecule has 2 fully saturated rings. The Kier molecular flexibility index (Phi) is 3.97. The lowest BCUT2D eigenvalue weighted by Crippen LogP contribution is -2.53. The molecule has 2 aliphatic heterocycles. The summed E-state index contributed by atoms with van der Waals surface area (Å²) in [5, 5.41) is 3.56. The molecule has 0 aliphatic carbocycles. The van der Waals surface area contributed by atoms with E-state index in [0.717, 1.165) is 19.1 Å². The molecule has 88 valence electrons. The van der Waals surface area contributed by atoms with E-state index in [0.29, 0.717) is 5.92 Å². The molecule has 15 heavy (non-hydrogen) atoms.